The molecule has 52 nitrogen and oxygen atoms in total. The van der Waals surface area contributed by atoms with Gasteiger partial charge in [0.25, 0.3) is 93.9 Å². The molecule has 2 rings (SSSR count). The average molecular weight is 1310 g/mol. The largest absolute Gasteiger partial charge is 1.00 e. The smallest absolute Gasteiger partial charge is 0.280 e. The highest BCUT2D eigenvalue weighted by atomic mass is 35.5. The molecule has 0 saturated carbocycles. The van der Waals surface area contributed by atoms with Crippen molar-refractivity contribution < 1.29 is 201 Å². The maximum Gasteiger partial charge on any atom is 0.280 e. The fourth-order valence-electron chi connectivity index (χ4n) is 1.65. The third-order valence-corrected chi connectivity index (χ3v) is 21.6. The molecule has 2 fully saturated rings. The molecule has 2 aliphatic rings. The van der Waals surface area contributed by atoms with E-state index in [0.29, 0.717) is 0 Å². The van der Waals surface area contributed by atoms with Crippen molar-refractivity contribution in [3.05, 3.63) is 0 Å². The molecule has 0 aromatic rings. The summed E-state index contributed by atoms with van der Waals surface area (Å²) in [6.45, 7) is 0. The summed E-state index contributed by atoms with van der Waals surface area (Å²) in [5.41, 5.74) is 0. The first-order valence-electron chi connectivity index (χ1n) is 8.76. The van der Waals surface area contributed by atoms with E-state index in [4.69, 9.17) is 0 Å². The quantitative estimate of drug-likeness (QED) is 0.100. The Balaban J connectivity index is -0.0000000343. The monoisotopic (exact) mass is 1310 g/mol. The van der Waals surface area contributed by atoms with Gasteiger partial charge in [-0.25, -0.2) is 51.7 Å². The van der Waals surface area contributed by atoms with Crippen LogP contribution in [0.15, 0.2) is 0 Å². The topological polar surface area (TPSA) is 1170 Å². The lowest BCUT2D eigenvalue weighted by molar-refractivity contribution is -0.269. The van der Waals surface area contributed by atoms with Gasteiger partial charge in [-0.2, -0.15) is 0 Å². The van der Waals surface area contributed by atoms with Gasteiger partial charge in [0.15, 0.2) is 0 Å². The van der Waals surface area contributed by atoms with Crippen LogP contribution in [-0.2, 0) is 107 Å². The molecule has 2 saturated heterocycles. The number of rotatable bonds is 0. The van der Waals surface area contributed by atoms with Crippen LogP contribution in [0, 0.1) is 0 Å². The van der Waals surface area contributed by atoms with Gasteiger partial charge >= 0.3 is 0 Å². The molecule has 2 aliphatic heterocycles. The molecule has 432 valence electrons. The molecule has 66 heteroatoms. The summed E-state index contributed by atoms with van der Waals surface area (Å²) in [6.07, 6.45) is 0. The lowest BCUT2D eigenvalue weighted by Gasteiger charge is -2.41. The zero-order valence-electron chi connectivity index (χ0n) is 35.8. The maximum atomic E-state index is 11.0. The van der Waals surface area contributed by atoms with Crippen LogP contribution in [-0.4, -0.2) is 11.0 Å². The van der Waals surface area contributed by atoms with Crippen molar-refractivity contribution in [1.29, 1.82) is 0 Å². The molecule has 0 unspecified atom stereocenters. The Bertz CT molecular complexity index is 1340. The summed E-state index contributed by atoms with van der Waals surface area (Å²) in [7, 11) is -78.7. The molecule has 60 N–H and O–H groups in total. The van der Waals surface area contributed by atoms with Gasteiger partial charge in [0.05, 0.1) is 0 Å². The summed E-state index contributed by atoms with van der Waals surface area (Å²) in [5.74, 6) is 0. The molecular weight excluding hydrogens is 1250 g/mol. The van der Waals surface area contributed by atoms with E-state index < -0.39 is 93.9 Å². The van der Waals surface area contributed by atoms with Gasteiger partial charge in [-0.1, -0.05) is 0 Å². The average Bonchev–Trinajstić information content (AvgIpc) is 2.52. The van der Waals surface area contributed by atoms with Crippen molar-refractivity contribution >= 4 is 93.9 Å². The van der Waals surface area contributed by atoms with Crippen LogP contribution in [0.3, 0.4) is 0 Å². The summed E-state index contributed by atoms with van der Waals surface area (Å²) >= 11 is 0. The molecule has 0 amide bonds. The molecule has 0 aromatic carbocycles. The molecule has 0 spiro atoms. The first-order chi connectivity index (χ1) is 20.5. The van der Waals surface area contributed by atoms with E-state index >= 15 is 0 Å². The second kappa shape index (κ2) is 39.2. The number of halogens is 2. The third kappa shape index (κ3) is 50.7. The predicted octanol–water partition coefficient (Wildman–Crippen LogP) is -8.55. The highest BCUT2D eigenvalue weighted by Crippen LogP contribution is 2.76. The first kappa shape index (κ1) is 122. The molecule has 66 heavy (non-hydrogen) atoms. The van der Waals surface area contributed by atoms with Crippen LogP contribution in [0.25, 0.3) is 0 Å². The SMILES string of the molecule is O.O.O=P1([O-])OP(=O)([O-])OP(=O)([O-])OP(=O)([O-])OP(=O)([O-])OP(=O)([O-])O1.O=P1([O-])OP(=O)([O-])OP(=O)([O-])OP(=O)([O-])OP(=O)([O-])OP(=O)([O-])O1.[Cl-].[Cl-].[NH4+].[NH4+].[NH4+].[NH4+].[NH4+].[NH4+].[NH4+].[NH4+].[NH4+].[NH4+].[NH4+].[NH4+].[NH4+].[NH4+]. The first-order valence-corrected chi connectivity index (χ1v) is 26.3. The number of hydrogen-bond donors (Lipinski definition) is 14. The van der Waals surface area contributed by atoms with E-state index in [1.807, 2.05) is 0 Å². The summed E-state index contributed by atoms with van der Waals surface area (Å²) in [6, 6.07) is 0. The Labute approximate surface area is 380 Å². The number of quaternary nitrogens is 14. The fraction of sp³-hybridized carbons (Fsp3) is 0. The maximum absolute atomic E-state index is 11.0. The summed E-state index contributed by atoms with van der Waals surface area (Å²) in [5, 5.41) is 0. The lowest BCUT2D eigenvalue weighted by atomic mass is 14.0. The highest BCUT2D eigenvalue weighted by molar-refractivity contribution is 7.75. The van der Waals surface area contributed by atoms with E-state index in [2.05, 4.69) is 51.7 Å². The molecule has 0 bridgehead atoms. The Morgan fingerprint density at radius 1 is 0.167 bits per heavy atom. The van der Waals surface area contributed by atoms with Crippen LogP contribution >= 0.6 is 93.9 Å². The van der Waals surface area contributed by atoms with Gasteiger partial charge in [-0.15, -0.1) is 0 Å². The van der Waals surface area contributed by atoms with Gasteiger partial charge in [0.1, 0.15) is 0 Å². The van der Waals surface area contributed by atoms with Crippen molar-refractivity contribution in [3.8, 4) is 0 Å². The van der Waals surface area contributed by atoms with Crippen molar-refractivity contribution in [2.75, 3.05) is 0 Å². The van der Waals surface area contributed by atoms with Gasteiger partial charge in [0.2, 0.25) is 0 Å². The van der Waals surface area contributed by atoms with Gasteiger partial charge in [-0.3, -0.25) is 54.8 Å². The molecule has 2 heterocycles. The molecule has 0 radical (unpaired) electrons. The van der Waals surface area contributed by atoms with Crippen molar-refractivity contribution in [2.24, 2.45) is 0 Å². The molecule has 0 aliphatic carbocycles. The zero-order valence-corrected chi connectivity index (χ0v) is 48.1. The lowest BCUT2D eigenvalue weighted by Crippen LogP contribution is -3.00. The normalized spacial score (nSPS) is 40.2. The predicted molar refractivity (Wildman–Crippen MR) is 195 cm³/mol. The van der Waals surface area contributed by atoms with Crippen LogP contribution in [0.5, 0.6) is 0 Å². The second-order valence-corrected chi connectivity index (χ2v) is 24.9. The molecular formula is H60Cl2N14O38P12. The second-order valence-electron chi connectivity index (χ2n) is 6.35. The zero-order chi connectivity index (χ0) is 38.5. The summed E-state index contributed by atoms with van der Waals surface area (Å²) in [4.78, 5) is 132. The minimum Gasteiger partial charge on any atom is -1.00 e. The van der Waals surface area contributed by atoms with E-state index in [1.165, 1.54) is 0 Å². The van der Waals surface area contributed by atoms with E-state index in [1.54, 1.807) is 0 Å². The van der Waals surface area contributed by atoms with Crippen molar-refractivity contribution in [3.63, 3.8) is 0 Å². The Morgan fingerprint density at radius 3 is 0.227 bits per heavy atom. The number of phosphoric acid groups is 12. The molecule has 0 aromatic heterocycles. The van der Waals surface area contributed by atoms with Gasteiger partial charge < -0.3 is 181 Å². The van der Waals surface area contributed by atoms with E-state index in [9.17, 15) is 114 Å². The Morgan fingerprint density at radius 2 is 0.197 bits per heavy atom. The van der Waals surface area contributed by atoms with Crippen LogP contribution < -0.4 is 170 Å². The number of hydrogen-bond acceptors (Lipinski definition) is 36. The van der Waals surface area contributed by atoms with E-state index in [0.717, 1.165) is 0 Å². The van der Waals surface area contributed by atoms with Gasteiger partial charge in [0, 0.05) is 0 Å². The Hall–Kier alpha value is 1.74. The van der Waals surface area contributed by atoms with Crippen LogP contribution in [0.2, 0.25) is 0 Å². The minimum absolute atomic E-state index is 0. The van der Waals surface area contributed by atoms with Crippen molar-refractivity contribution in [2.45, 2.75) is 0 Å². The standard InChI is InChI=1S/2ClH.14H3N.2H6O18P6.2H2O/c;;;;;;;;;;;;;;;;2*1-19(2)13-20(3,4)15-22(7,8)17-24(11,12)18-23(9,10)16-21(5,6)14-19;;/h2*1H;14*1H3;2*(H,1,2)(H,3,4)(H,5,6)(H,7,8)(H,9,10)(H,11,12);2*1H2. The Kier molecular flexibility index (Phi) is 72.5. The highest BCUT2D eigenvalue weighted by Gasteiger charge is 2.37. The third-order valence-electron chi connectivity index (χ3n) is 2.40. The van der Waals surface area contributed by atoms with Crippen LogP contribution in [0.4, 0.5) is 0 Å². The summed E-state index contributed by atoms with van der Waals surface area (Å²) < 4.78 is 167. The van der Waals surface area contributed by atoms with Gasteiger partial charge in [-0.05, 0) is 0 Å². The van der Waals surface area contributed by atoms with Crippen LogP contribution in [0.1, 0.15) is 0 Å². The molecule has 0 atom stereocenters. The van der Waals surface area contributed by atoms with Crippen molar-refractivity contribution in [1.82, 2.24) is 86.1 Å². The van der Waals surface area contributed by atoms with E-state index in [-0.39, 0.29) is 122 Å². The minimum atomic E-state index is -6.56. The fourth-order valence-corrected chi connectivity index (χ4v) is 18.1.